The molecule has 0 aliphatic carbocycles. The number of carbonyl (C=O) groups excluding carboxylic acids is 2. The monoisotopic (exact) mass is 326 g/mol. The molecule has 1 N–H and O–H groups in total. The summed E-state index contributed by atoms with van der Waals surface area (Å²) in [7, 11) is 0. The lowest BCUT2D eigenvalue weighted by Gasteiger charge is -2.27. The van der Waals surface area contributed by atoms with Gasteiger partial charge in [-0.1, -0.05) is 6.07 Å². The highest BCUT2D eigenvalue weighted by Gasteiger charge is 2.21. The third kappa shape index (κ3) is 3.07. The zero-order valence-electron chi connectivity index (χ0n) is 14.3. The molecule has 2 amide bonds. The minimum Gasteiger partial charge on any atom is -0.466 e. The van der Waals surface area contributed by atoms with Gasteiger partial charge in [0.05, 0.1) is 5.56 Å². The van der Waals surface area contributed by atoms with Crippen LogP contribution in [0.3, 0.4) is 0 Å². The van der Waals surface area contributed by atoms with Gasteiger partial charge in [-0.25, -0.2) is 0 Å². The summed E-state index contributed by atoms with van der Waals surface area (Å²) in [6, 6.07) is 7.43. The van der Waals surface area contributed by atoms with Crippen molar-refractivity contribution in [2.24, 2.45) is 0 Å². The second-order valence-electron chi connectivity index (χ2n) is 6.22. The van der Waals surface area contributed by atoms with E-state index in [9.17, 15) is 9.59 Å². The Morgan fingerprint density at radius 3 is 2.62 bits per heavy atom. The molecule has 3 rings (SSSR count). The molecule has 1 fully saturated rings. The van der Waals surface area contributed by atoms with Gasteiger partial charge in [0.15, 0.2) is 0 Å². The van der Waals surface area contributed by atoms with Gasteiger partial charge in [-0.15, -0.1) is 0 Å². The predicted molar refractivity (Wildman–Crippen MR) is 93.5 cm³/mol. The number of hydrogen-bond donors (Lipinski definition) is 1. The highest BCUT2D eigenvalue weighted by molar-refractivity contribution is 6.06. The maximum atomic E-state index is 12.6. The molecule has 0 unspecified atom stereocenters. The van der Waals surface area contributed by atoms with Crippen molar-refractivity contribution in [2.75, 3.05) is 16.8 Å². The van der Waals surface area contributed by atoms with Crippen molar-refractivity contribution in [3.8, 4) is 0 Å². The van der Waals surface area contributed by atoms with Gasteiger partial charge in [-0.2, -0.15) is 0 Å². The van der Waals surface area contributed by atoms with Crippen molar-refractivity contribution >= 4 is 23.2 Å². The van der Waals surface area contributed by atoms with Gasteiger partial charge in [-0.05, 0) is 51.8 Å². The molecule has 24 heavy (non-hydrogen) atoms. The van der Waals surface area contributed by atoms with Crippen LogP contribution < -0.4 is 10.2 Å². The lowest BCUT2D eigenvalue weighted by molar-refractivity contribution is -0.119. The number of aryl methyl sites for hydroxylation is 2. The van der Waals surface area contributed by atoms with Crippen LogP contribution >= 0.6 is 0 Å². The predicted octanol–water partition coefficient (Wildman–Crippen LogP) is 3.97. The van der Waals surface area contributed by atoms with Gasteiger partial charge >= 0.3 is 0 Å². The molecule has 0 bridgehead atoms. The van der Waals surface area contributed by atoms with Gasteiger partial charge in [0.1, 0.15) is 11.5 Å². The van der Waals surface area contributed by atoms with E-state index in [0.717, 1.165) is 36.4 Å². The quantitative estimate of drug-likeness (QED) is 0.928. The summed E-state index contributed by atoms with van der Waals surface area (Å²) in [6.45, 7) is 6.25. The van der Waals surface area contributed by atoms with Crippen molar-refractivity contribution in [1.29, 1.82) is 0 Å². The molecule has 0 spiro atoms. The molecule has 0 atom stereocenters. The van der Waals surface area contributed by atoms with Crippen LogP contribution in [0.2, 0.25) is 0 Å². The smallest absolute Gasteiger partial charge is 0.259 e. The number of amides is 2. The van der Waals surface area contributed by atoms with Crippen LogP contribution in [0.25, 0.3) is 0 Å². The van der Waals surface area contributed by atoms with Crippen molar-refractivity contribution in [1.82, 2.24) is 0 Å². The van der Waals surface area contributed by atoms with Crippen molar-refractivity contribution < 1.29 is 14.0 Å². The molecule has 0 saturated carbocycles. The summed E-state index contributed by atoms with van der Waals surface area (Å²) in [5.74, 6) is 1.32. The first-order chi connectivity index (χ1) is 11.5. The minimum absolute atomic E-state index is 0.141. The summed E-state index contributed by atoms with van der Waals surface area (Å²) in [5, 5.41) is 2.91. The zero-order valence-corrected chi connectivity index (χ0v) is 14.3. The van der Waals surface area contributed by atoms with E-state index < -0.39 is 0 Å². The Bertz CT molecular complexity index is 792. The maximum absolute atomic E-state index is 12.6. The third-order valence-electron chi connectivity index (χ3n) is 4.53. The maximum Gasteiger partial charge on any atom is 0.259 e. The van der Waals surface area contributed by atoms with E-state index in [1.54, 1.807) is 11.8 Å². The molecule has 1 saturated heterocycles. The SMILES string of the molecule is Cc1oc(C)c(C(=O)Nc2cccc(N3CCCCC3=O)c2)c1C. The van der Waals surface area contributed by atoms with Crippen LogP contribution in [0, 0.1) is 20.8 Å². The Morgan fingerprint density at radius 1 is 1.17 bits per heavy atom. The Hall–Kier alpha value is -2.56. The molecule has 1 aromatic carbocycles. The van der Waals surface area contributed by atoms with E-state index in [1.165, 1.54) is 0 Å². The zero-order chi connectivity index (χ0) is 17.3. The van der Waals surface area contributed by atoms with E-state index in [0.29, 0.717) is 23.4 Å². The van der Waals surface area contributed by atoms with Crippen molar-refractivity contribution in [3.05, 3.63) is 46.9 Å². The first kappa shape index (κ1) is 16.3. The highest BCUT2D eigenvalue weighted by Crippen LogP contribution is 2.26. The van der Waals surface area contributed by atoms with E-state index in [-0.39, 0.29) is 11.8 Å². The van der Waals surface area contributed by atoms with Crippen molar-refractivity contribution in [3.63, 3.8) is 0 Å². The largest absolute Gasteiger partial charge is 0.466 e. The van der Waals surface area contributed by atoms with Crippen molar-refractivity contribution in [2.45, 2.75) is 40.0 Å². The first-order valence-electron chi connectivity index (χ1n) is 8.25. The third-order valence-corrected chi connectivity index (χ3v) is 4.53. The van der Waals surface area contributed by atoms with Gasteiger partial charge in [0.25, 0.3) is 5.91 Å². The number of nitrogens with zero attached hydrogens (tertiary/aromatic N) is 1. The molecule has 1 aliphatic heterocycles. The molecular weight excluding hydrogens is 304 g/mol. The van der Waals surface area contributed by atoms with E-state index in [2.05, 4.69) is 5.32 Å². The summed E-state index contributed by atoms with van der Waals surface area (Å²) in [6.07, 6.45) is 2.54. The number of carbonyl (C=O) groups is 2. The van der Waals surface area contributed by atoms with E-state index in [1.807, 2.05) is 38.1 Å². The average Bonchev–Trinajstić information content (AvgIpc) is 2.80. The van der Waals surface area contributed by atoms with Crippen LogP contribution in [-0.4, -0.2) is 18.4 Å². The normalized spacial score (nSPS) is 14.8. The molecule has 5 heteroatoms. The highest BCUT2D eigenvalue weighted by atomic mass is 16.3. The fraction of sp³-hybridized carbons (Fsp3) is 0.368. The van der Waals surface area contributed by atoms with E-state index >= 15 is 0 Å². The first-order valence-corrected chi connectivity index (χ1v) is 8.25. The number of furan rings is 1. The summed E-state index contributed by atoms with van der Waals surface area (Å²) in [5.41, 5.74) is 2.93. The Morgan fingerprint density at radius 2 is 1.96 bits per heavy atom. The Labute approximate surface area is 141 Å². The molecule has 1 aliphatic rings. The van der Waals surface area contributed by atoms with Crippen LogP contribution in [0.5, 0.6) is 0 Å². The average molecular weight is 326 g/mol. The second kappa shape index (κ2) is 6.51. The summed E-state index contributed by atoms with van der Waals surface area (Å²) < 4.78 is 5.52. The van der Waals surface area contributed by atoms with Gasteiger partial charge in [-0.3, -0.25) is 9.59 Å². The summed E-state index contributed by atoms with van der Waals surface area (Å²) >= 11 is 0. The van der Waals surface area contributed by atoms with Gasteiger partial charge in [0.2, 0.25) is 5.91 Å². The minimum atomic E-state index is -0.191. The molecule has 0 radical (unpaired) electrons. The lowest BCUT2D eigenvalue weighted by atomic mass is 10.1. The van der Waals surface area contributed by atoms with Gasteiger partial charge < -0.3 is 14.6 Å². The van der Waals surface area contributed by atoms with Crippen LogP contribution in [0.4, 0.5) is 11.4 Å². The number of nitrogens with one attached hydrogen (secondary N) is 1. The fourth-order valence-corrected chi connectivity index (χ4v) is 3.15. The number of benzene rings is 1. The summed E-state index contributed by atoms with van der Waals surface area (Å²) in [4.78, 5) is 26.4. The molecule has 1 aromatic heterocycles. The molecule has 5 nitrogen and oxygen atoms in total. The lowest BCUT2D eigenvalue weighted by Crippen LogP contribution is -2.35. The van der Waals surface area contributed by atoms with Crippen LogP contribution in [0.1, 0.15) is 46.7 Å². The fourth-order valence-electron chi connectivity index (χ4n) is 3.15. The van der Waals surface area contributed by atoms with Crippen LogP contribution in [-0.2, 0) is 4.79 Å². The number of rotatable bonds is 3. The number of hydrogen-bond acceptors (Lipinski definition) is 3. The Balaban J connectivity index is 1.82. The topological polar surface area (TPSA) is 62.6 Å². The number of anilines is 2. The molecular formula is C19H22N2O3. The Kier molecular flexibility index (Phi) is 4.42. The van der Waals surface area contributed by atoms with Crippen LogP contribution in [0.15, 0.2) is 28.7 Å². The molecule has 2 aromatic rings. The standard InChI is InChI=1S/C19H22N2O3/c1-12-13(2)24-14(3)18(12)19(23)20-15-7-6-8-16(11-15)21-10-5-4-9-17(21)22/h6-8,11H,4-5,9-10H2,1-3H3,(H,20,23). The van der Waals surface area contributed by atoms with E-state index in [4.69, 9.17) is 4.42 Å². The molecule has 126 valence electrons. The van der Waals surface area contributed by atoms with Gasteiger partial charge in [0, 0.05) is 29.9 Å². The molecule has 2 heterocycles. The second-order valence-corrected chi connectivity index (χ2v) is 6.22. The number of piperidine rings is 1.